The van der Waals surface area contributed by atoms with Crippen LogP contribution in [-0.4, -0.2) is 20.2 Å². The fourth-order valence-electron chi connectivity index (χ4n) is 0.923. The molecule has 1 aromatic carbocycles. The summed E-state index contributed by atoms with van der Waals surface area (Å²) in [6.45, 7) is 0.864. The van der Waals surface area contributed by atoms with Crippen molar-refractivity contribution in [1.29, 1.82) is 0 Å². The average molecular weight is 170 g/mol. The molecule has 0 unspecified atom stereocenters. The fourth-order valence-corrected chi connectivity index (χ4v) is 0.923. The van der Waals surface area contributed by atoms with Crippen LogP contribution < -0.4 is 26.6 Å². The quantitative estimate of drug-likeness (QED) is 0.547. The van der Waals surface area contributed by atoms with Gasteiger partial charge in [-0.05, 0) is 0 Å². The molecule has 0 aliphatic carbocycles. The molecule has 0 bridgehead atoms. The molecule has 0 radical (unpaired) electrons. The summed E-state index contributed by atoms with van der Waals surface area (Å²) in [5, 5.41) is 2.71. The molecule has 1 rings (SSSR count). The van der Waals surface area contributed by atoms with Gasteiger partial charge in [0.05, 0.1) is 7.11 Å². The fraction of sp³-hybridized carbons (Fsp3) is 0.429. The van der Waals surface area contributed by atoms with Gasteiger partial charge in [0.1, 0.15) is 5.69 Å². The number of methoxy groups -OCH3 is 1. The number of anilines is 1. The van der Waals surface area contributed by atoms with Crippen LogP contribution in [0.15, 0.2) is 9.59 Å². The normalized spacial score (nSPS) is 10.2. The maximum atomic E-state index is 10.8. The number of nitrogens with two attached hydrogens (primary N) is 1. The first-order chi connectivity index (χ1) is 5.72. The van der Waals surface area contributed by atoms with Gasteiger partial charge in [0.2, 0.25) is 0 Å². The van der Waals surface area contributed by atoms with Gasteiger partial charge in [-0.15, -0.1) is 0 Å². The topological polar surface area (TPSA) is 81.4 Å². The van der Waals surface area contributed by atoms with Crippen LogP contribution in [0.1, 0.15) is 0 Å². The summed E-state index contributed by atoms with van der Waals surface area (Å²) in [6.07, 6.45) is 0. The summed E-state index contributed by atoms with van der Waals surface area (Å²) >= 11 is 0. The number of nitrogens with one attached hydrogen (secondary N) is 1. The largest absolute Gasteiger partial charge is 0.491 e. The van der Waals surface area contributed by atoms with Gasteiger partial charge in [0, 0.05) is 13.1 Å². The molecule has 0 fully saturated rings. The van der Waals surface area contributed by atoms with Crippen molar-refractivity contribution in [1.82, 2.24) is 0 Å². The Morgan fingerprint density at radius 1 is 1.42 bits per heavy atom. The van der Waals surface area contributed by atoms with Crippen LogP contribution in [0, 0.1) is 0 Å². The molecule has 0 amide bonds. The molecule has 0 aliphatic rings. The highest BCUT2D eigenvalue weighted by Crippen LogP contribution is 2.15. The molecule has 0 aromatic heterocycles. The third kappa shape index (κ3) is 1.18. The third-order valence-electron chi connectivity index (χ3n) is 1.52. The van der Waals surface area contributed by atoms with E-state index in [1.807, 2.05) is 0 Å². The van der Waals surface area contributed by atoms with Gasteiger partial charge in [-0.25, -0.2) is 0 Å². The lowest BCUT2D eigenvalue weighted by Gasteiger charge is -2.10. The van der Waals surface area contributed by atoms with E-state index in [9.17, 15) is 9.59 Å². The average Bonchev–Trinajstić information content (AvgIpc) is 2.10. The van der Waals surface area contributed by atoms with E-state index in [2.05, 4.69) is 10.1 Å². The van der Waals surface area contributed by atoms with Crippen molar-refractivity contribution >= 4 is 5.69 Å². The predicted molar refractivity (Wildman–Crippen MR) is 45.5 cm³/mol. The van der Waals surface area contributed by atoms with E-state index in [0.717, 1.165) is 0 Å². The second-order valence-corrected chi connectivity index (χ2v) is 2.28. The minimum atomic E-state index is -0.572. The van der Waals surface area contributed by atoms with Gasteiger partial charge >= 0.3 is 0 Å². The van der Waals surface area contributed by atoms with Gasteiger partial charge in [0.15, 0.2) is 5.75 Å². The number of hydrogen-bond donors (Lipinski definition) is 2. The lowest BCUT2D eigenvalue weighted by atomic mass is 10.2. The summed E-state index contributed by atoms with van der Waals surface area (Å²) in [7, 11) is 1.35. The molecule has 5 heteroatoms. The van der Waals surface area contributed by atoms with Crippen molar-refractivity contribution in [3.63, 3.8) is 0 Å². The molecule has 0 heterocycles. The molecule has 12 heavy (non-hydrogen) atoms. The summed E-state index contributed by atoms with van der Waals surface area (Å²) in [5.41, 5.74) is 4.34. The second kappa shape index (κ2) is 3.36. The Balaban J connectivity index is 2.79. The van der Waals surface area contributed by atoms with Crippen LogP contribution in [-0.2, 0) is 0 Å². The van der Waals surface area contributed by atoms with E-state index in [0.29, 0.717) is 13.1 Å². The molecule has 0 saturated carbocycles. The first-order valence-electron chi connectivity index (χ1n) is 3.53. The Kier molecular flexibility index (Phi) is 2.44. The monoisotopic (exact) mass is 170 g/mol. The van der Waals surface area contributed by atoms with Gasteiger partial charge < -0.3 is 15.8 Å². The first kappa shape index (κ1) is 8.73. The van der Waals surface area contributed by atoms with E-state index >= 15 is 0 Å². The van der Waals surface area contributed by atoms with Crippen molar-refractivity contribution in [2.24, 2.45) is 5.73 Å². The van der Waals surface area contributed by atoms with Crippen molar-refractivity contribution in [3.8, 4) is 5.75 Å². The second-order valence-electron chi connectivity index (χ2n) is 2.28. The highest BCUT2D eigenvalue weighted by atomic mass is 16.5. The molecule has 1 aromatic rings. The van der Waals surface area contributed by atoms with Gasteiger partial charge in [-0.2, -0.15) is 0 Å². The van der Waals surface area contributed by atoms with Crippen LogP contribution in [0.2, 0.25) is 0 Å². The maximum Gasteiger partial charge on any atom is 0.271 e. The number of rotatable bonds is 4. The van der Waals surface area contributed by atoms with E-state index < -0.39 is 10.9 Å². The molecule has 3 N–H and O–H groups in total. The summed E-state index contributed by atoms with van der Waals surface area (Å²) in [4.78, 5) is 21.6. The SMILES string of the molecule is COc1c(NCCN)c(=O)c1=O. The molecular formula is C7H10N2O3. The Labute approximate surface area is 68.8 Å². The van der Waals surface area contributed by atoms with E-state index in [-0.39, 0.29) is 11.4 Å². The lowest BCUT2D eigenvalue weighted by molar-refractivity contribution is 0.407. The number of ether oxygens (including phenoxy) is 1. The molecule has 0 aliphatic heterocycles. The summed E-state index contributed by atoms with van der Waals surface area (Å²) < 4.78 is 4.68. The lowest BCUT2D eigenvalue weighted by Crippen LogP contribution is -2.36. The van der Waals surface area contributed by atoms with Crippen LogP contribution in [0.5, 0.6) is 5.75 Å². The summed E-state index contributed by atoms with van der Waals surface area (Å²) in [5.74, 6) is 0.105. The molecular weight excluding hydrogens is 160 g/mol. The van der Waals surface area contributed by atoms with Gasteiger partial charge in [-0.1, -0.05) is 0 Å². The van der Waals surface area contributed by atoms with Gasteiger partial charge in [0.25, 0.3) is 10.9 Å². The maximum absolute atomic E-state index is 10.8. The van der Waals surface area contributed by atoms with Crippen molar-refractivity contribution < 1.29 is 4.74 Å². The minimum absolute atomic E-state index is 0.105. The van der Waals surface area contributed by atoms with E-state index in [1.165, 1.54) is 7.11 Å². The highest BCUT2D eigenvalue weighted by molar-refractivity contribution is 5.61. The van der Waals surface area contributed by atoms with Crippen molar-refractivity contribution in [2.75, 3.05) is 25.5 Å². The zero-order valence-corrected chi connectivity index (χ0v) is 6.72. The molecule has 5 nitrogen and oxygen atoms in total. The Hall–Kier alpha value is -1.36. The Bertz CT molecular complexity index is 338. The van der Waals surface area contributed by atoms with Gasteiger partial charge in [-0.3, -0.25) is 9.59 Å². The van der Waals surface area contributed by atoms with E-state index in [4.69, 9.17) is 5.73 Å². The van der Waals surface area contributed by atoms with E-state index in [1.54, 1.807) is 0 Å². The van der Waals surface area contributed by atoms with Crippen molar-refractivity contribution in [2.45, 2.75) is 0 Å². The summed E-state index contributed by atoms with van der Waals surface area (Å²) in [6, 6.07) is 0. The first-order valence-corrected chi connectivity index (χ1v) is 3.53. The minimum Gasteiger partial charge on any atom is -0.491 e. The zero-order chi connectivity index (χ0) is 9.14. The molecule has 0 spiro atoms. The predicted octanol–water partition coefficient (Wildman–Crippen LogP) is -1.34. The zero-order valence-electron chi connectivity index (χ0n) is 6.72. The van der Waals surface area contributed by atoms with Crippen LogP contribution in [0.25, 0.3) is 0 Å². The Morgan fingerprint density at radius 2 is 2.08 bits per heavy atom. The van der Waals surface area contributed by atoms with Crippen LogP contribution in [0.4, 0.5) is 5.69 Å². The smallest absolute Gasteiger partial charge is 0.271 e. The molecule has 0 saturated heterocycles. The molecule has 0 atom stereocenters. The van der Waals surface area contributed by atoms with Crippen molar-refractivity contribution in [3.05, 3.63) is 20.4 Å². The molecule has 66 valence electrons. The van der Waals surface area contributed by atoms with Crippen LogP contribution >= 0.6 is 0 Å². The Morgan fingerprint density at radius 3 is 2.58 bits per heavy atom. The third-order valence-corrected chi connectivity index (χ3v) is 1.52. The number of hydrogen-bond acceptors (Lipinski definition) is 5. The highest BCUT2D eigenvalue weighted by Gasteiger charge is 2.20. The van der Waals surface area contributed by atoms with Crippen LogP contribution in [0.3, 0.4) is 0 Å². The standard InChI is InChI=1S/C7H10N2O3/c1-12-7-4(9-3-2-8)5(10)6(7)11/h9H,2-3,8H2,1H3.